The van der Waals surface area contributed by atoms with Crippen molar-refractivity contribution in [2.75, 3.05) is 13.2 Å². The van der Waals surface area contributed by atoms with E-state index in [1.54, 1.807) is 0 Å². The van der Waals surface area contributed by atoms with E-state index in [0.29, 0.717) is 31.6 Å². The third-order valence-corrected chi connectivity index (χ3v) is 17.3. The molecule has 308 valence electrons. The molecular formula is C41H66O13. The highest BCUT2D eigenvalue weighted by Crippen LogP contribution is 2.76. The highest BCUT2D eigenvalue weighted by Gasteiger charge is 2.72. The summed E-state index contributed by atoms with van der Waals surface area (Å²) in [5.74, 6) is -0.698. The van der Waals surface area contributed by atoms with Crippen molar-refractivity contribution in [3.8, 4) is 0 Å². The SMILES string of the molecule is C[C@@H]1CC[C@]2(C(=O)O[C@@H]3O[C@H](CO)[C@@H](O)[C@H](O)[C@H]3O)CC[C@]3(C)C(=CC[C@@H]4[C@@]5(C)CC[C@H](O[C@H]6O[C@H](CO)[C@@H](O)[C@@H]6O)C(C)(C)[C@@H]5CC[C@]43C)[C@@H]2[C@]1(C)O. The van der Waals surface area contributed by atoms with Crippen molar-refractivity contribution in [1.82, 2.24) is 0 Å². The number of fused-ring (bicyclic) bond motifs is 7. The zero-order valence-electron chi connectivity index (χ0n) is 33.1. The van der Waals surface area contributed by atoms with Crippen LogP contribution in [-0.4, -0.2) is 127 Å². The molecule has 0 aromatic carbocycles. The maximum Gasteiger partial charge on any atom is 0.315 e. The Balaban J connectivity index is 1.19. The molecule has 7 rings (SSSR count). The molecule has 2 saturated heterocycles. The van der Waals surface area contributed by atoms with E-state index < -0.39 is 91.4 Å². The predicted molar refractivity (Wildman–Crippen MR) is 193 cm³/mol. The van der Waals surface area contributed by atoms with Crippen LogP contribution < -0.4 is 0 Å². The minimum atomic E-state index is -1.72. The molecule has 5 aliphatic carbocycles. The van der Waals surface area contributed by atoms with Crippen LogP contribution in [0.1, 0.15) is 106 Å². The van der Waals surface area contributed by atoms with Crippen LogP contribution in [0.2, 0.25) is 0 Å². The summed E-state index contributed by atoms with van der Waals surface area (Å²) in [6.07, 6.45) is -3.53. The molecule has 0 spiro atoms. The first-order chi connectivity index (χ1) is 25.2. The van der Waals surface area contributed by atoms with Gasteiger partial charge in [-0.25, -0.2) is 0 Å². The van der Waals surface area contributed by atoms with Gasteiger partial charge in [-0.1, -0.05) is 53.2 Å². The Kier molecular flexibility index (Phi) is 10.4. The number of esters is 1. The molecule has 13 heteroatoms. The number of hydrogen-bond donors (Lipinski definition) is 8. The number of ether oxygens (including phenoxy) is 4. The van der Waals surface area contributed by atoms with Crippen molar-refractivity contribution >= 4 is 5.97 Å². The molecule has 4 saturated carbocycles. The lowest BCUT2D eigenvalue weighted by Crippen LogP contribution is -2.68. The summed E-state index contributed by atoms with van der Waals surface area (Å²) < 4.78 is 23.7. The van der Waals surface area contributed by atoms with E-state index in [4.69, 9.17) is 18.9 Å². The van der Waals surface area contributed by atoms with Crippen LogP contribution in [0.3, 0.4) is 0 Å². The summed E-state index contributed by atoms with van der Waals surface area (Å²) in [5, 5.41) is 84.5. The average Bonchev–Trinajstić information content (AvgIpc) is 3.39. The van der Waals surface area contributed by atoms with E-state index in [9.17, 15) is 45.6 Å². The van der Waals surface area contributed by atoms with Crippen molar-refractivity contribution in [2.45, 2.75) is 173 Å². The van der Waals surface area contributed by atoms with Gasteiger partial charge in [0.2, 0.25) is 6.29 Å². The molecule has 0 radical (unpaired) electrons. The summed E-state index contributed by atoms with van der Waals surface area (Å²) in [4.78, 5) is 14.6. The standard InChI is InChI=1S/C41H66O13/c1-20-10-15-41(35(49)54-34-31(48)29(46)27(44)22(18-42)52-34)17-16-38(5)21(32(41)40(20,7)50)8-9-25-37(4)13-12-26(36(2,3)24(37)11-14-39(25,38)6)53-33-30(47)28(45)23(19-43)51-33/h8,20,22-34,42-48,50H,9-19H2,1-7H3/t20-,22-,23-,24+,25-,26+,27-,28-,29+,30+,31-,32-,33-,34+,37+,38-,39-,40-,41+/m1/s1. The van der Waals surface area contributed by atoms with Gasteiger partial charge in [-0.15, -0.1) is 0 Å². The number of rotatable bonds is 6. The van der Waals surface area contributed by atoms with Crippen LogP contribution in [0.15, 0.2) is 11.6 Å². The molecule has 19 atom stereocenters. The van der Waals surface area contributed by atoms with E-state index in [2.05, 4.69) is 40.7 Å². The molecule has 6 fully saturated rings. The molecular weight excluding hydrogens is 700 g/mol. The first-order valence-corrected chi connectivity index (χ1v) is 20.4. The Bertz CT molecular complexity index is 1470. The van der Waals surface area contributed by atoms with E-state index in [1.165, 1.54) is 0 Å². The Hall–Kier alpha value is -1.23. The van der Waals surface area contributed by atoms with Crippen LogP contribution in [-0.2, 0) is 23.7 Å². The maximum absolute atomic E-state index is 14.6. The number of allylic oxidation sites excluding steroid dienone is 1. The molecule has 0 aromatic rings. The molecule has 0 amide bonds. The molecule has 7 aliphatic rings. The summed E-state index contributed by atoms with van der Waals surface area (Å²) in [6, 6.07) is 0. The lowest BCUT2D eigenvalue weighted by Gasteiger charge is -2.72. The fourth-order valence-electron chi connectivity index (χ4n) is 13.6. The molecule has 8 N–H and O–H groups in total. The van der Waals surface area contributed by atoms with Gasteiger partial charge in [0.05, 0.1) is 30.3 Å². The van der Waals surface area contributed by atoms with Crippen molar-refractivity contribution in [3.63, 3.8) is 0 Å². The zero-order valence-corrected chi connectivity index (χ0v) is 33.1. The molecule has 0 aromatic heterocycles. The highest BCUT2D eigenvalue weighted by molar-refractivity contribution is 5.79. The first kappa shape index (κ1) is 40.9. The monoisotopic (exact) mass is 766 g/mol. The molecule has 0 bridgehead atoms. The van der Waals surface area contributed by atoms with Gasteiger partial charge in [0, 0.05) is 5.92 Å². The second-order valence-electron chi connectivity index (χ2n) is 19.8. The van der Waals surface area contributed by atoms with Crippen LogP contribution in [0.4, 0.5) is 0 Å². The van der Waals surface area contributed by atoms with Crippen LogP contribution in [0, 0.1) is 50.7 Å². The third-order valence-electron chi connectivity index (χ3n) is 17.3. The Morgan fingerprint density at radius 2 is 1.37 bits per heavy atom. The smallest absolute Gasteiger partial charge is 0.315 e. The molecule has 0 unspecified atom stereocenters. The summed E-state index contributed by atoms with van der Waals surface area (Å²) in [5.41, 5.74) is -2.14. The van der Waals surface area contributed by atoms with Crippen molar-refractivity contribution < 1.29 is 64.6 Å². The van der Waals surface area contributed by atoms with Crippen LogP contribution >= 0.6 is 0 Å². The van der Waals surface area contributed by atoms with Gasteiger partial charge in [0.15, 0.2) is 6.29 Å². The zero-order chi connectivity index (χ0) is 39.6. The lowest BCUT2D eigenvalue weighted by molar-refractivity contribution is -0.299. The number of hydrogen-bond acceptors (Lipinski definition) is 13. The minimum Gasteiger partial charge on any atom is -0.432 e. The largest absolute Gasteiger partial charge is 0.432 e. The summed E-state index contributed by atoms with van der Waals surface area (Å²) >= 11 is 0. The fraction of sp³-hybridized carbons (Fsp3) is 0.927. The van der Waals surface area contributed by atoms with Gasteiger partial charge in [0.1, 0.15) is 42.7 Å². The van der Waals surface area contributed by atoms with Gasteiger partial charge < -0.3 is 59.8 Å². The van der Waals surface area contributed by atoms with E-state index in [0.717, 1.165) is 37.7 Å². The van der Waals surface area contributed by atoms with Gasteiger partial charge >= 0.3 is 5.97 Å². The number of aliphatic hydroxyl groups is 8. The van der Waals surface area contributed by atoms with Crippen molar-refractivity contribution in [1.29, 1.82) is 0 Å². The normalized spacial score (nSPS) is 55.4. The van der Waals surface area contributed by atoms with Gasteiger partial charge in [-0.05, 0) is 104 Å². The predicted octanol–water partition coefficient (Wildman–Crippen LogP) is 1.93. The summed E-state index contributed by atoms with van der Waals surface area (Å²) in [7, 11) is 0. The average molecular weight is 767 g/mol. The Morgan fingerprint density at radius 1 is 0.759 bits per heavy atom. The lowest BCUT2D eigenvalue weighted by atomic mass is 9.33. The minimum absolute atomic E-state index is 0.0668. The first-order valence-electron chi connectivity index (χ1n) is 20.4. The molecule has 13 nitrogen and oxygen atoms in total. The van der Waals surface area contributed by atoms with Gasteiger partial charge in [-0.3, -0.25) is 4.79 Å². The number of aliphatic hydroxyl groups excluding tert-OH is 7. The van der Waals surface area contributed by atoms with Crippen molar-refractivity contribution in [2.24, 2.45) is 50.7 Å². The summed E-state index contributed by atoms with van der Waals surface area (Å²) in [6.45, 7) is 14.5. The maximum atomic E-state index is 14.6. The van der Waals surface area contributed by atoms with Gasteiger partial charge in [-0.2, -0.15) is 0 Å². The number of carbonyl (C=O) groups excluding carboxylic acids is 1. The second-order valence-corrected chi connectivity index (χ2v) is 19.8. The second kappa shape index (κ2) is 13.7. The van der Waals surface area contributed by atoms with E-state index in [-0.39, 0.29) is 39.6 Å². The highest BCUT2D eigenvalue weighted by atomic mass is 16.7. The fourth-order valence-corrected chi connectivity index (χ4v) is 13.6. The number of carbonyl (C=O) groups is 1. The molecule has 54 heavy (non-hydrogen) atoms. The van der Waals surface area contributed by atoms with E-state index in [1.807, 2.05) is 13.8 Å². The quantitative estimate of drug-likeness (QED) is 0.144. The van der Waals surface area contributed by atoms with Crippen LogP contribution in [0.25, 0.3) is 0 Å². The van der Waals surface area contributed by atoms with E-state index >= 15 is 0 Å². The molecule has 2 aliphatic heterocycles. The Labute approximate surface area is 319 Å². The van der Waals surface area contributed by atoms with Gasteiger partial charge in [0.25, 0.3) is 0 Å². The molecule has 2 heterocycles. The third kappa shape index (κ3) is 5.61. The topological polar surface area (TPSA) is 216 Å². The Morgan fingerprint density at radius 3 is 2.02 bits per heavy atom. The van der Waals surface area contributed by atoms with Crippen molar-refractivity contribution in [3.05, 3.63) is 11.6 Å². The van der Waals surface area contributed by atoms with Crippen LogP contribution in [0.5, 0.6) is 0 Å².